The molecule has 0 aliphatic carbocycles. The lowest BCUT2D eigenvalue weighted by Gasteiger charge is -2.03. The lowest BCUT2D eigenvalue weighted by atomic mass is 10.1. The Balaban J connectivity index is 2.91. The smallest absolute Gasteiger partial charge is 0.149 e. The molecule has 4 heteroatoms. The molecule has 1 heterocycles. The van der Waals surface area contributed by atoms with Gasteiger partial charge in [-0.3, -0.25) is 0 Å². The number of benzene rings is 1. The first kappa shape index (κ1) is 9.53. The van der Waals surface area contributed by atoms with Crippen molar-refractivity contribution in [1.82, 2.24) is 4.98 Å². The molecule has 2 nitrogen and oxygen atoms in total. The molecule has 0 bridgehead atoms. The van der Waals surface area contributed by atoms with Crippen LogP contribution in [0.25, 0.3) is 10.9 Å². The summed E-state index contributed by atoms with van der Waals surface area (Å²) < 4.78 is 26.9. The third kappa shape index (κ3) is 1.42. The molecular formula is C11H6F2N2. The van der Waals surface area contributed by atoms with Crippen molar-refractivity contribution in [3.63, 3.8) is 0 Å². The van der Waals surface area contributed by atoms with Gasteiger partial charge in [0, 0.05) is 5.39 Å². The van der Waals surface area contributed by atoms with Gasteiger partial charge in [-0.25, -0.2) is 13.8 Å². The van der Waals surface area contributed by atoms with Crippen LogP contribution in [-0.2, 0) is 0 Å². The fourth-order valence-corrected chi connectivity index (χ4v) is 1.41. The summed E-state index contributed by atoms with van der Waals surface area (Å²) in [5.41, 5.74) is 0.202. The van der Waals surface area contributed by atoms with Crippen molar-refractivity contribution in [1.29, 1.82) is 5.26 Å². The van der Waals surface area contributed by atoms with Crippen molar-refractivity contribution >= 4 is 10.9 Å². The van der Waals surface area contributed by atoms with Crippen LogP contribution in [0.1, 0.15) is 11.3 Å². The number of halogens is 2. The Bertz CT molecular complexity index is 585. The van der Waals surface area contributed by atoms with Crippen molar-refractivity contribution in [3.8, 4) is 6.07 Å². The lowest BCUT2D eigenvalue weighted by molar-refractivity contribution is 0.607. The molecule has 0 amide bonds. The summed E-state index contributed by atoms with van der Waals surface area (Å²) in [6.07, 6.45) is 0. The van der Waals surface area contributed by atoms with E-state index in [0.717, 1.165) is 6.07 Å². The zero-order valence-electron chi connectivity index (χ0n) is 7.88. The first-order valence-electron chi connectivity index (χ1n) is 4.29. The van der Waals surface area contributed by atoms with Gasteiger partial charge in [-0.2, -0.15) is 5.26 Å². The number of nitrogens with zero attached hydrogens (tertiary/aromatic N) is 2. The molecule has 74 valence electrons. The number of nitriles is 1. The van der Waals surface area contributed by atoms with Crippen molar-refractivity contribution in [2.45, 2.75) is 6.92 Å². The molecule has 0 unspecified atom stereocenters. The molecule has 0 saturated carbocycles. The number of aromatic nitrogens is 1. The maximum absolute atomic E-state index is 13.5. The highest BCUT2D eigenvalue weighted by Gasteiger charge is 2.11. The number of aryl methyl sites for hydroxylation is 1. The summed E-state index contributed by atoms with van der Waals surface area (Å²) in [4.78, 5) is 3.72. The third-order valence-corrected chi connectivity index (χ3v) is 2.16. The van der Waals surface area contributed by atoms with Gasteiger partial charge in [0.2, 0.25) is 0 Å². The highest BCUT2D eigenvalue weighted by molar-refractivity contribution is 5.81. The van der Waals surface area contributed by atoms with E-state index in [4.69, 9.17) is 5.26 Å². The van der Waals surface area contributed by atoms with E-state index in [1.54, 1.807) is 6.07 Å². The van der Waals surface area contributed by atoms with Gasteiger partial charge < -0.3 is 0 Å². The van der Waals surface area contributed by atoms with Gasteiger partial charge in [-0.1, -0.05) is 0 Å². The average Bonchev–Trinajstić information content (AvgIpc) is 2.25. The molecule has 0 aliphatic rings. The Kier molecular flexibility index (Phi) is 2.09. The zero-order valence-corrected chi connectivity index (χ0v) is 7.88. The molecular weight excluding hydrogens is 198 g/mol. The average molecular weight is 204 g/mol. The Labute approximate surface area is 84.8 Å². The van der Waals surface area contributed by atoms with E-state index in [2.05, 4.69) is 4.98 Å². The van der Waals surface area contributed by atoms with Gasteiger partial charge >= 0.3 is 0 Å². The topological polar surface area (TPSA) is 36.7 Å². The number of rotatable bonds is 0. The van der Waals surface area contributed by atoms with Crippen LogP contribution in [0.15, 0.2) is 18.2 Å². The molecule has 1 aromatic carbocycles. The van der Waals surface area contributed by atoms with Crippen molar-refractivity contribution in [2.24, 2.45) is 0 Å². The summed E-state index contributed by atoms with van der Waals surface area (Å²) in [5, 5.41) is 8.69. The van der Waals surface area contributed by atoms with Gasteiger partial charge in [-0.05, 0) is 30.7 Å². The number of pyridine rings is 1. The van der Waals surface area contributed by atoms with Crippen LogP contribution in [0.4, 0.5) is 8.78 Å². The normalized spacial score (nSPS) is 10.3. The Morgan fingerprint density at radius 1 is 1.33 bits per heavy atom. The van der Waals surface area contributed by atoms with Gasteiger partial charge in [0.25, 0.3) is 0 Å². The third-order valence-electron chi connectivity index (χ3n) is 2.16. The molecule has 0 N–H and O–H groups in total. The van der Waals surface area contributed by atoms with Crippen molar-refractivity contribution in [2.75, 3.05) is 0 Å². The summed E-state index contributed by atoms with van der Waals surface area (Å²) in [7, 11) is 0. The summed E-state index contributed by atoms with van der Waals surface area (Å²) in [5.74, 6) is -1.11. The fourth-order valence-electron chi connectivity index (χ4n) is 1.41. The molecule has 0 atom stereocenters. The molecule has 0 aliphatic heterocycles. The molecule has 2 aromatic rings. The molecule has 1 aromatic heterocycles. The second-order valence-corrected chi connectivity index (χ2v) is 3.19. The van der Waals surface area contributed by atoms with Crippen LogP contribution in [0, 0.1) is 29.9 Å². The highest BCUT2D eigenvalue weighted by Crippen LogP contribution is 2.22. The molecule has 0 spiro atoms. The number of hydrogen-bond acceptors (Lipinski definition) is 2. The largest absolute Gasteiger partial charge is 0.234 e. The van der Waals surface area contributed by atoms with Crippen LogP contribution >= 0.6 is 0 Å². The van der Waals surface area contributed by atoms with E-state index in [1.807, 2.05) is 0 Å². The molecule has 2 rings (SSSR count). The standard InChI is InChI=1S/C11H6F2N2/c1-6-4-9(12)11-8(10(6)13)3-2-7(5-14)15-11/h2-4H,1H3. The van der Waals surface area contributed by atoms with Crippen LogP contribution < -0.4 is 0 Å². The van der Waals surface area contributed by atoms with Gasteiger partial charge in [0.1, 0.15) is 28.9 Å². The van der Waals surface area contributed by atoms with Crippen molar-refractivity contribution in [3.05, 3.63) is 41.1 Å². The van der Waals surface area contributed by atoms with E-state index < -0.39 is 11.6 Å². The predicted octanol–water partition coefficient (Wildman–Crippen LogP) is 2.69. The minimum Gasteiger partial charge on any atom is -0.234 e. The quantitative estimate of drug-likeness (QED) is 0.661. The van der Waals surface area contributed by atoms with Crippen molar-refractivity contribution < 1.29 is 8.78 Å². The number of hydrogen-bond donors (Lipinski definition) is 0. The highest BCUT2D eigenvalue weighted by atomic mass is 19.1. The molecule has 0 saturated heterocycles. The predicted molar refractivity (Wildman–Crippen MR) is 51.1 cm³/mol. The maximum Gasteiger partial charge on any atom is 0.149 e. The van der Waals surface area contributed by atoms with E-state index in [1.165, 1.54) is 19.1 Å². The maximum atomic E-state index is 13.5. The van der Waals surface area contributed by atoms with E-state index in [-0.39, 0.29) is 22.2 Å². The SMILES string of the molecule is Cc1cc(F)c2nc(C#N)ccc2c1F. The second-order valence-electron chi connectivity index (χ2n) is 3.19. The fraction of sp³-hybridized carbons (Fsp3) is 0.0909. The Morgan fingerprint density at radius 2 is 2.07 bits per heavy atom. The van der Waals surface area contributed by atoms with E-state index in [0.29, 0.717) is 0 Å². The summed E-state index contributed by atoms with van der Waals surface area (Å²) in [6, 6.07) is 5.59. The zero-order chi connectivity index (χ0) is 11.0. The van der Waals surface area contributed by atoms with Crippen LogP contribution in [0.2, 0.25) is 0 Å². The Hall–Kier alpha value is -2.02. The lowest BCUT2D eigenvalue weighted by Crippen LogP contribution is -1.93. The van der Waals surface area contributed by atoms with E-state index >= 15 is 0 Å². The van der Waals surface area contributed by atoms with Crippen LogP contribution in [0.5, 0.6) is 0 Å². The first-order valence-corrected chi connectivity index (χ1v) is 4.29. The number of fused-ring (bicyclic) bond motifs is 1. The van der Waals surface area contributed by atoms with Gasteiger partial charge in [0.05, 0.1) is 0 Å². The first-order chi connectivity index (χ1) is 7.13. The summed E-state index contributed by atoms with van der Waals surface area (Å²) in [6.45, 7) is 1.48. The Morgan fingerprint density at radius 3 is 2.73 bits per heavy atom. The van der Waals surface area contributed by atoms with Crippen LogP contribution in [0.3, 0.4) is 0 Å². The second kappa shape index (κ2) is 3.28. The molecule has 0 fully saturated rings. The summed E-state index contributed by atoms with van der Waals surface area (Å²) >= 11 is 0. The van der Waals surface area contributed by atoms with E-state index in [9.17, 15) is 8.78 Å². The minimum absolute atomic E-state index is 0.0738. The monoisotopic (exact) mass is 204 g/mol. The minimum atomic E-state index is -0.610. The van der Waals surface area contributed by atoms with Gasteiger partial charge in [-0.15, -0.1) is 0 Å². The molecule has 15 heavy (non-hydrogen) atoms. The van der Waals surface area contributed by atoms with Crippen LogP contribution in [-0.4, -0.2) is 4.98 Å². The van der Waals surface area contributed by atoms with Gasteiger partial charge in [0.15, 0.2) is 0 Å². The molecule has 0 radical (unpaired) electrons.